The molecule has 0 spiro atoms. The SMILES string of the molecule is C[C@H](NC(=O)C1CCN(C(=O)c2ccc(F)cc2)CC1)c1ccc(-n2ccnc2)cc1. The number of carbonyl (C=O) groups excluding carboxylic acids is 2. The van der Waals surface area contributed by atoms with Gasteiger partial charge < -0.3 is 14.8 Å². The number of hydrogen-bond donors (Lipinski definition) is 1. The summed E-state index contributed by atoms with van der Waals surface area (Å²) in [5.41, 5.74) is 2.51. The van der Waals surface area contributed by atoms with Crippen molar-refractivity contribution >= 4 is 11.8 Å². The van der Waals surface area contributed by atoms with Crippen LogP contribution in [0, 0.1) is 11.7 Å². The van der Waals surface area contributed by atoms with Gasteiger partial charge in [-0.3, -0.25) is 9.59 Å². The quantitative estimate of drug-likeness (QED) is 0.684. The molecular weight excluding hydrogens is 395 g/mol. The van der Waals surface area contributed by atoms with Gasteiger partial charge in [-0.1, -0.05) is 12.1 Å². The summed E-state index contributed by atoms with van der Waals surface area (Å²) in [5, 5.41) is 3.10. The lowest BCUT2D eigenvalue weighted by molar-refractivity contribution is -0.127. The fraction of sp³-hybridized carbons (Fsp3) is 0.292. The number of nitrogens with one attached hydrogen (secondary N) is 1. The molecule has 2 heterocycles. The molecule has 0 unspecified atom stereocenters. The van der Waals surface area contributed by atoms with Crippen LogP contribution < -0.4 is 5.32 Å². The van der Waals surface area contributed by atoms with Crippen LogP contribution >= 0.6 is 0 Å². The fourth-order valence-electron chi connectivity index (χ4n) is 3.88. The highest BCUT2D eigenvalue weighted by Crippen LogP contribution is 2.22. The van der Waals surface area contributed by atoms with Crippen molar-refractivity contribution in [3.05, 3.63) is 84.2 Å². The van der Waals surface area contributed by atoms with E-state index in [2.05, 4.69) is 10.3 Å². The van der Waals surface area contributed by atoms with E-state index in [9.17, 15) is 14.0 Å². The second-order valence-electron chi connectivity index (χ2n) is 7.87. The molecular formula is C24H25FN4O2. The van der Waals surface area contributed by atoms with Gasteiger partial charge in [-0.2, -0.15) is 0 Å². The Morgan fingerprint density at radius 2 is 1.74 bits per heavy atom. The molecule has 31 heavy (non-hydrogen) atoms. The van der Waals surface area contributed by atoms with Crippen molar-refractivity contribution in [2.45, 2.75) is 25.8 Å². The number of carbonyl (C=O) groups is 2. The summed E-state index contributed by atoms with van der Waals surface area (Å²) in [6.07, 6.45) is 6.59. The largest absolute Gasteiger partial charge is 0.349 e. The van der Waals surface area contributed by atoms with E-state index < -0.39 is 0 Å². The second-order valence-corrected chi connectivity index (χ2v) is 7.87. The monoisotopic (exact) mass is 420 g/mol. The zero-order chi connectivity index (χ0) is 21.8. The first-order chi connectivity index (χ1) is 15.0. The molecule has 6 nitrogen and oxygen atoms in total. The van der Waals surface area contributed by atoms with E-state index in [-0.39, 0.29) is 29.6 Å². The van der Waals surface area contributed by atoms with Gasteiger partial charge in [-0.25, -0.2) is 9.37 Å². The second kappa shape index (κ2) is 9.12. The van der Waals surface area contributed by atoms with Crippen molar-refractivity contribution < 1.29 is 14.0 Å². The lowest BCUT2D eigenvalue weighted by Gasteiger charge is -2.32. The molecule has 0 saturated carbocycles. The molecule has 1 N–H and O–H groups in total. The predicted octanol–water partition coefficient (Wildman–Crippen LogP) is 3.74. The Morgan fingerprint density at radius 1 is 1.06 bits per heavy atom. The third-order valence-corrected chi connectivity index (χ3v) is 5.80. The van der Waals surface area contributed by atoms with E-state index >= 15 is 0 Å². The number of hydrogen-bond acceptors (Lipinski definition) is 3. The first kappa shape index (κ1) is 20.8. The van der Waals surface area contributed by atoms with E-state index in [1.165, 1.54) is 24.3 Å². The summed E-state index contributed by atoms with van der Waals surface area (Å²) in [7, 11) is 0. The Bertz CT molecular complexity index is 1020. The molecule has 1 fully saturated rings. The number of likely N-dealkylation sites (tertiary alicyclic amines) is 1. The van der Waals surface area contributed by atoms with E-state index in [1.54, 1.807) is 17.4 Å². The van der Waals surface area contributed by atoms with Gasteiger partial charge in [-0.05, 0) is 61.7 Å². The van der Waals surface area contributed by atoms with Crippen molar-refractivity contribution in [3.63, 3.8) is 0 Å². The number of halogens is 1. The lowest BCUT2D eigenvalue weighted by Crippen LogP contribution is -2.43. The minimum absolute atomic E-state index is 0.0140. The molecule has 1 aromatic heterocycles. The van der Waals surface area contributed by atoms with E-state index in [1.807, 2.05) is 42.0 Å². The standard InChI is InChI=1S/C24H25FN4O2/c1-17(18-4-8-22(9-5-18)29-15-12-26-16-29)27-23(30)19-10-13-28(14-11-19)24(31)20-2-6-21(25)7-3-20/h2-9,12,15-17,19H,10-11,13-14H2,1H3,(H,27,30)/t17-/m0/s1. The van der Waals surface area contributed by atoms with Gasteiger partial charge in [0.1, 0.15) is 5.82 Å². The molecule has 0 radical (unpaired) electrons. The van der Waals surface area contributed by atoms with Crippen molar-refractivity contribution in [1.82, 2.24) is 19.8 Å². The molecule has 1 atom stereocenters. The molecule has 2 aromatic carbocycles. The van der Waals surface area contributed by atoms with Crippen molar-refractivity contribution in [1.29, 1.82) is 0 Å². The van der Waals surface area contributed by atoms with Crippen LogP contribution in [-0.4, -0.2) is 39.4 Å². The average Bonchev–Trinajstić information content (AvgIpc) is 3.34. The molecule has 160 valence electrons. The van der Waals surface area contributed by atoms with Crippen molar-refractivity contribution in [3.8, 4) is 5.69 Å². The third kappa shape index (κ3) is 4.82. The average molecular weight is 420 g/mol. The summed E-state index contributed by atoms with van der Waals surface area (Å²) >= 11 is 0. The van der Waals surface area contributed by atoms with Gasteiger partial charge in [-0.15, -0.1) is 0 Å². The Morgan fingerprint density at radius 3 is 2.35 bits per heavy atom. The highest BCUT2D eigenvalue weighted by molar-refractivity contribution is 5.94. The topological polar surface area (TPSA) is 67.2 Å². The van der Waals surface area contributed by atoms with Crippen LogP contribution in [-0.2, 0) is 4.79 Å². The minimum Gasteiger partial charge on any atom is -0.349 e. The number of imidazole rings is 1. The highest BCUT2D eigenvalue weighted by atomic mass is 19.1. The maximum absolute atomic E-state index is 13.1. The molecule has 1 saturated heterocycles. The molecule has 7 heteroatoms. The van der Waals surface area contributed by atoms with E-state index in [0.717, 1.165) is 11.3 Å². The summed E-state index contributed by atoms with van der Waals surface area (Å²) in [6.45, 7) is 3.00. The van der Waals surface area contributed by atoms with Gasteiger partial charge in [0.05, 0.1) is 12.4 Å². The zero-order valence-electron chi connectivity index (χ0n) is 17.4. The van der Waals surface area contributed by atoms with Crippen LogP contribution in [0.1, 0.15) is 41.7 Å². The van der Waals surface area contributed by atoms with Gasteiger partial charge in [0.2, 0.25) is 5.91 Å². The maximum atomic E-state index is 13.1. The minimum atomic E-state index is -0.364. The Kier molecular flexibility index (Phi) is 6.11. The maximum Gasteiger partial charge on any atom is 0.253 e. The normalized spacial score (nSPS) is 15.5. The van der Waals surface area contributed by atoms with Crippen LogP contribution in [0.3, 0.4) is 0 Å². The number of piperidine rings is 1. The highest BCUT2D eigenvalue weighted by Gasteiger charge is 2.28. The number of rotatable bonds is 5. The van der Waals surface area contributed by atoms with E-state index in [0.29, 0.717) is 31.5 Å². The Labute approximate surface area is 180 Å². The fourth-order valence-corrected chi connectivity index (χ4v) is 3.88. The van der Waals surface area contributed by atoms with Gasteiger partial charge in [0.15, 0.2) is 0 Å². The number of aromatic nitrogens is 2. The molecule has 3 aromatic rings. The first-order valence-corrected chi connectivity index (χ1v) is 10.4. The summed E-state index contributed by atoms with van der Waals surface area (Å²) in [4.78, 5) is 31.1. The van der Waals surface area contributed by atoms with Gasteiger partial charge >= 0.3 is 0 Å². The predicted molar refractivity (Wildman–Crippen MR) is 115 cm³/mol. The number of nitrogens with zero attached hydrogens (tertiary/aromatic N) is 3. The van der Waals surface area contributed by atoms with E-state index in [4.69, 9.17) is 0 Å². The molecule has 0 aliphatic carbocycles. The van der Waals surface area contributed by atoms with Crippen LogP contribution in [0.4, 0.5) is 4.39 Å². The summed E-state index contributed by atoms with van der Waals surface area (Å²) < 4.78 is 15.0. The molecule has 4 rings (SSSR count). The van der Waals surface area contributed by atoms with Crippen LogP contribution in [0.5, 0.6) is 0 Å². The zero-order valence-corrected chi connectivity index (χ0v) is 17.4. The Hall–Kier alpha value is -3.48. The molecule has 1 aliphatic heterocycles. The summed E-state index contributed by atoms with van der Waals surface area (Å²) in [5.74, 6) is -0.590. The van der Waals surface area contributed by atoms with Gasteiger partial charge in [0, 0.05) is 42.7 Å². The third-order valence-electron chi connectivity index (χ3n) is 5.80. The lowest BCUT2D eigenvalue weighted by atomic mass is 9.94. The molecule has 0 bridgehead atoms. The number of amides is 2. The van der Waals surface area contributed by atoms with Crippen LogP contribution in [0.25, 0.3) is 5.69 Å². The van der Waals surface area contributed by atoms with Crippen LogP contribution in [0.15, 0.2) is 67.3 Å². The molecule has 1 aliphatic rings. The van der Waals surface area contributed by atoms with Crippen molar-refractivity contribution in [2.24, 2.45) is 5.92 Å². The van der Waals surface area contributed by atoms with Crippen LogP contribution in [0.2, 0.25) is 0 Å². The van der Waals surface area contributed by atoms with Gasteiger partial charge in [0.25, 0.3) is 5.91 Å². The first-order valence-electron chi connectivity index (χ1n) is 10.4. The Balaban J connectivity index is 1.29. The number of benzene rings is 2. The smallest absolute Gasteiger partial charge is 0.253 e. The van der Waals surface area contributed by atoms with Crippen molar-refractivity contribution in [2.75, 3.05) is 13.1 Å². The summed E-state index contributed by atoms with van der Waals surface area (Å²) in [6, 6.07) is 13.5. The molecule has 2 amide bonds.